The number of hydrogen-bond acceptors (Lipinski definition) is 2. The van der Waals surface area contributed by atoms with Crippen molar-refractivity contribution in [2.24, 2.45) is 5.92 Å². The van der Waals surface area contributed by atoms with Gasteiger partial charge in [0.2, 0.25) is 0 Å². The molecule has 2 nitrogen and oxygen atoms in total. The maximum atomic E-state index is 12.0. The Morgan fingerprint density at radius 2 is 1.67 bits per heavy atom. The van der Waals surface area contributed by atoms with Crippen molar-refractivity contribution in [3.05, 3.63) is 35.9 Å². The van der Waals surface area contributed by atoms with E-state index in [4.69, 9.17) is 0 Å². The van der Waals surface area contributed by atoms with Gasteiger partial charge in [-0.1, -0.05) is 30.3 Å². The fourth-order valence-electron chi connectivity index (χ4n) is 2.04. The first-order valence-electron chi connectivity index (χ1n) is 5.38. The minimum absolute atomic E-state index is 0.0603. The minimum Gasteiger partial charge on any atom is -0.300 e. The lowest BCUT2D eigenvalue weighted by molar-refractivity contribution is -0.120. The van der Waals surface area contributed by atoms with Crippen molar-refractivity contribution in [1.82, 2.24) is 0 Å². The highest BCUT2D eigenvalue weighted by Gasteiger charge is 2.25. The van der Waals surface area contributed by atoms with Crippen molar-refractivity contribution in [2.75, 3.05) is 0 Å². The van der Waals surface area contributed by atoms with Gasteiger partial charge in [0.25, 0.3) is 0 Å². The molecular formula is C13H14O2. The van der Waals surface area contributed by atoms with Crippen LogP contribution in [0, 0.1) is 5.92 Å². The smallest absolute Gasteiger partial charge is 0.165 e. The van der Waals surface area contributed by atoms with Crippen LogP contribution in [0.15, 0.2) is 30.3 Å². The Bertz CT molecular complexity index is 357. The first kappa shape index (κ1) is 10.1. The number of carbonyl (C=O) groups is 2. The summed E-state index contributed by atoms with van der Waals surface area (Å²) in [7, 11) is 0. The fourth-order valence-corrected chi connectivity index (χ4v) is 2.04. The average Bonchev–Trinajstić information content (AvgIpc) is 2.30. The Hall–Kier alpha value is -1.44. The van der Waals surface area contributed by atoms with Crippen LogP contribution in [0.2, 0.25) is 0 Å². The Kier molecular flexibility index (Phi) is 2.95. The summed E-state index contributed by atoms with van der Waals surface area (Å²) in [6.07, 6.45) is 2.60. The average molecular weight is 202 g/mol. The van der Waals surface area contributed by atoms with Crippen LogP contribution >= 0.6 is 0 Å². The molecular weight excluding hydrogens is 188 g/mol. The molecule has 0 aromatic heterocycles. The molecule has 1 aromatic rings. The maximum absolute atomic E-state index is 12.0. The molecule has 1 fully saturated rings. The van der Waals surface area contributed by atoms with E-state index in [0.717, 1.165) is 18.4 Å². The summed E-state index contributed by atoms with van der Waals surface area (Å²) in [5, 5.41) is 0. The van der Waals surface area contributed by atoms with Crippen molar-refractivity contribution < 1.29 is 9.59 Å². The van der Waals surface area contributed by atoms with E-state index in [1.165, 1.54) is 0 Å². The van der Waals surface area contributed by atoms with Crippen LogP contribution in [-0.2, 0) is 4.79 Å². The molecule has 78 valence electrons. The molecule has 0 radical (unpaired) electrons. The summed E-state index contributed by atoms with van der Waals surface area (Å²) in [5.41, 5.74) is 0.775. The molecule has 1 aromatic carbocycles. The first-order valence-corrected chi connectivity index (χ1v) is 5.38. The Morgan fingerprint density at radius 1 is 1.07 bits per heavy atom. The van der Waals surface area contributed by atoms with Gasteiger partial charge in [0.15, 0.2) is 5.78 Å². The van der Waals surface area contributed by atoms with Gasteiger partial charge in [0, 0.05) is 24.3 Å². The molecule has 1 aliphatic rings. The molecule has 0 atom stereocenters. The van der Waals surface area contributed by atoms with E-state index >= 15 is 0 Å². The van der Waals surface area contributed by atoms with Crippen LogP contribution < -0.4 is 0 Å². The lowest BCUT2D eigenvalue weighted by atomic mass is 9.83. The third kappa shape index (κ3) is 2.32. The number of carbonyl (C=O) groups excluding carboxylic acids is 2. The predicted molar refractivity (Wildman–Crippen MR) is 57.7 cm³/mol. The Balaban J connectivity index is 2.06. The SMILES string of the molecule is O=C1CCC(C(=O)c2ccccc2)CC1. The van der Waals surface area contributed by atoms with Crippen LogP contribution in [-0.4, -0.2) is 11.6 Å². The second-order valence-electron chi connectivity index (χ2n) is 4.04. The molecule has 0 bridgehead atoms. The van der Waals surface area contributed by atoms with Gasteiger partial charge >= 0.3 is 0 Å². The molecule has 0 saturated heterocycles. The van der Waals surface area contributed by atoms with Gasteiger partial charge in [-0.2, -0.15) is 0 Å². The molecule has 1 aliphatic carbocycles. The molecule has 0 spiro atoms. The van der Waals surface area contributed by atoms with Crippen LogP contribution in [0.25, 0.3) is 0 Å². The lowest BCUT2D eigenvalue weighted by Gasteiger charge is -2.19. The highest BCUT2D eigenvalue weighted by molar-refractivity contribution is 5.98. The second kappa shape index (κ2) is 4.39. The molecule has 2 rings (SSSR count). The topological polar surface area (TPSA) is 34.1 Å². The summed E-state index contributed by atoms with van der Waals surface area (Å²) in [4.78, 5) is 23.1. The molecule has 0 N–H and O–H groups in total. The summed E-state index contributed by atoms with van der Waals surface area (Å²) in [6.45, 7) is 0. The van der Waals surface area contributed by atoms with E-state index in [0.29, 0.717) is 18.6 Å². The van der Waals surface area contributed by atoms with Gasteiger partial charge in [-0.25, -0.2) is 0 Å². The second-order valence-corrected chi connectivity index (χ2v) is 4.04. The minimum atomic E-state index is 0.0603. The van der Waals surface area contributed by atoms with Crippen molar-refractivity contribution >= 4 is 11.6 Å². The summed E-state index contributed by atoms with van der Waals surface area (Å²) in [6, 6.07) is 9.35. The van der Waals surface area contributed by atoms with E-state index in [2.05, 4.69) is 0 Å². The first-order chi connectivity index (χ1) is 7.27. The van der Waals surface area contributed by atoms with E-state index in [1.807, 2.05) is 30.3 Å². The number of hydrogen-bond donors (Lipinski definition) is 0. The Morgan fingerprint density at radius 3 is 2.27 bits per heavy atom. The van der Waals surface area contributed by atoms with Gasteiger partial charge in [-0.3, -0.25) is 9.59 Å². The van der Waals surface area contributed by atoms with Crippen LogP contribution in [0.4, 0.5) is 0 Å². The molecule has 15 heavy (non-hydrogen) atoms. The van der Waals surface area contributed by atoms with Gasteiger partial charge in [-0.05, 0) is 12.8 Å². The van der Waals surface area contributed by atoms with Crippen molar-refractivity contribution in [3.63, 3.8) is 0 Å². The monoisotopic (exact) mass is 202 g/mol. The van der Waals surface area contributed by atoms with E-state index < -0.39 is 0 Å². The largest absolute Gasteiger partial charge is 0.300 e. The Labute approximate surface area is 89.3 Å². The zero-order valence-electron chi connectivity index (χ0n) is 8.61. The number of benzene rings is 1. The van der Waals surface area contributed by atoms with Crippen molar-refractivity contribution in [2.45, 2.75) is 25.7 Å². The number of rotatable bonds is 2. The molecule has 0 aliphatic heterocycles. The van der Waals surface area contributed by atoms with E-state index in [9.17, 15) is 9.59 Å². The molecule has 0 heterocycles. The van der Waals surface area contributed by atoms with Crippen molar-refractivity contribution in [3.8, 4) is 0 Å². The number of ketones is 2. The van der Waals surface area contributed by atoms with Crippen LogP contribution in [0.1, 0.15) is 36.0 Å². The third-order valence-corrected chi connectivity index (χ3v) is 2.97. The molecule has 1 saturated carbocycles. The fraction of sp³-hybridized carbons (Fsp3) is 0.385. The van der Waals surface area contributed by atoms with Crippen molar-refractivity contribution in [1.29, 1.82) is 0 Å². The van der Waals surface area contributed by atoms with Crippen LogP contribution in [0.3, 0.4) is 0 Å². The van der Waals surface area contributed by atoms with E-state index in [1.54, 1.807) is 0 Å². The quantitative estimate of drug-likeness (QED) is 0.691. The third-order valence-electron chi connectivity index (χ3n) is 2.97. The van der Waals surface area contributed by atoms with Crippen LogP contribution in [0.5, 0.6) is 0 Å². The van der Waals surface area contributed by atoms with Gasteiger partial charge in [0.05, 0.1) is 0 Å². The van der Waals surface area contributed by atoms with E-state index in [-0.39, 0.29) is 11.7 Å². The van der Waals surface area contributed by atoms with Gasteiger partial charge in [-0.15, -0.1) is 0 Å². The summed E-state index contributed by atoms with van der Waals surface area (Å²) >= 11 is 0. The summed E-state index contributed by atoms with van der Waals surface area (Å²) < 4.78 is 0. The predicted octanol–water partition coefficient (Wildman–Crippen LogP) is 2.63. The maximum Gasteiger partial charge on any atom is 0.165 e. The highest BCUT2D eigenvalue weighted by Crippen LogP contribution is 2.24. The standard InChI is InChI=1S/C13H14O2/c14-12-8-6-11(7-9-12)13(15)10-4-2-1-3-5-10/h1-5,11H,6-9H2. The number of Topliss-reactive ketones (excluding diaryl/α,β-unsaturated/α-hetero) is 2. The highest BCUT2D eigenvalue weighted by atomic mass is 16.1. The molecule has 0 unspecified atom stereocenters. The van der Waals surface area contributed by atoms with Gasteiger partial charge < -0.3 is 0 Å². The summed E-state index contributed by atoms with van der Waals surface area (Å²) in [5.74, 6) is 0.556. The molecule has 2 heteroatoms. The zero-order chi connectivity index (χ0) is 10.7. The normalized spacial score (nSPS) is 17.7. The molecule has 0 amide bonds. The zero-order valence-corrected chi connectivity index (χ0v) is 8.61. The van der Waals surface area contributed by atoms with Gasteiger partial charge in [0.1, 0.15) is 5.78 Å². The lowest BCUT2D eigenvalue weighted by Crippen LogP contribution is -2.21.